The highest BCUT2D eigenvalue weighted by Gasteiger charge is 2.25. The number of rotatable bonds is 8. The average molecular weight is 548 g/mol. The second-order valence-electron chi connectivity index (χ2n) is 8.60. The molecule has 2 N–H and O–H groups in total. The Balaban J connectivity index is 1.39. The monoisotopic (exact) mass is 547 g/mol. The summed E-state index contributed by atoms with van der Waals surface area (Å²) in [5, 5.41) is 3.13. The van der Waals surface area contributed by atoms with Gasteiger partial charge in [-0.2, -0.15) is 0 Å². The molecule has 1 aliphatic rings. The van der Waals surface area contributed by atoms with Gasteiger partial charge in [0.25, 0.3) is 15.9 Å². The van der Waals surface area contributed by atoms with Crippen LogP contribution in [0.4, 0.5) is 11.4 Å². The van der Waals surface area contributed by atoms with Crippen molar-refractivity contribution in [3.05, 3.63) is 88.4 Å². The summed E-state index contributed by atoms with van der Waals surface area (Å²) in [6.07, 6.45) is 1.76. The van der Waals surface area contributed by atoms with Crippen LogP contribution in [0.15, 0.2) is 71.6 Å². The number of amides is 1. The fraction of sp³-hybridized carbons (Fsp3) is 0.240. The number of carbonyl (C=O) groups is 1. The molecule has 0 unspecified atom stereocenters. The van der Waals surface area contributed by atoms with E-state index in [0.29, 0.717) is 40.6 Å². The van der Waals surface area contributed by atoms with Gasteiger partial charge in [0.05, 0.1) is 16.3 Å². The quantitative estimate of drug-likeness (QED) is 0.427. The molecule has 0 aromatic heterocycles. The van der Waals surface area contributed by atoms with Crippen LogP contribution >= 0.6 is 11.6 Å². The third kappa shape index (κ3) is 6.25. The zero-order valence-corrected chi connectivity index (χ0v) is 22.0. The third-order valence-electron chi connectivity index (χ3n) is 5.89. The van der Waals surface area contributed by atoms with E-state index in [2.05, 4.69) is 10.0 Å². The minimum absolute atomic E-state index is 0.0310. The Morgan fingerprint density at radius 3 is 2.19 bits per heavy atom. The summed E-state index contributed by atoms with van der Waals surface area (Å²) < 4.78 is 54.5. The fourth-order valence-corrected chi connectivity index (χ4v) is 6.75. The lowest BCUT2D eigenvalue weighted by molar-refractivity contribution is 0.102. The van der Waals surface area contributed by atoms with Crippen LogP contribution in [0.1, 0.15) is 34.3 Å². The molecular weight excluding hydrogens is 522 g/mol. The van der Waals surface area contributed by atoms with Gasteiger partial charge in [-0.3, -0.25) is 9.52 Å². The second-order valence-corrected chi connectivity index (χ2v) is 12.7. The van der Waals surface area contributed by atoms with Gasteiger partial charge in [0.15, 0.2) is 0 Å². The minimum atomic E-state index is -3.85. The van der Waals surface area contributed by atoms with Gasteiger partial charge < -0.3 is 5.32 Å². The Bertz CT molecular complexity index is 1470. The highest BCUT2D eigenvalue weighted by molar-refractivity contribution is 7.92. The number of anilines is 2. The van der Waals surface area contributed by atoms with Gasteiger partial charge in [-0.1, -0.05) is 29.8 Å². The first-order valence-corrected chi connectivity index (χ1v) is 14.8. The summed E-state index contributed by atoms with van der Waals surface area (Å²) >= 11 is 5.97. The molecule has 0 aliphatic carbocycles. The van der Waals surface area contributed by atoms with Crippen LogP contribution in [0.3, 0.4) is 0 Å². The summed E-state index contributed by atoms with van der Waals surface area (Å²) in [4.78, 5) is 12.7. The molecule has 4 rings (SSSR count). The Morgan fingerprint density at radius 2 is 1.56 bits per heavy atom. The molecule has 8 nitrogen and oxygen atoms in total. The molecule has 1 fully saturated rings. The fourth-order valence-electron chi connectivity index (χ4n) is 3.85. The minimum Gasteiger partial charge on any atom is -0.322 e. The van der Waals surface area contributed by atoms with Gasteiger partial charge in [-0.15, -0.1) is 0 Å². The molecule has 0 bridgehead atoms. The molecule has 0 atom stereocenters. The van der Waals surface area contributed by atoms with Crippen LogP contribution in [-0.2, 0) is 25.8 Å². The summed E-state index contributed by atoms with van der Waals surface area (Å²) in [7, 11) is -7.21. The second kappa shape index (κ2) is 10.6. The molecular formula is C25H26ClN3O5S2. The summed E-state index contributed by atoms with van der Waals surface area (Å²) in [5.41, 5.74) is 2.49. The van der Waals surface area contributed by atoms with Gasteiger partial charge in [0.1, 0.15) is 0 Å². The van der Waals surface area contributed by atoms with Crippen molar-refractivity contribution in [3.63, 3.8) is 0 Å². The molecule has 0 spiro atoms. The van der Waals surface area contributed by atoms with Crippen LogP contribution < -0.4 is 10.0 Å². The molecule has 1 amide bonds. The maximum atomic E-state index is 12.7. The van der Waals surface area contributed by atoms with Gasteiger partial charge in [-0.05, 0) is 79.4 Å². The van der Waals surface area contributed by atoms with E-state index in [0.717, 1.165) is 18.4 Å². The smallest absolute Gasteiger partial charge is 0.261 e. The van der Waals surface area contributed by atoms with E-state index < -0.39 is 26.0 Å². The molecule has 1 saturated heterocycles. The number of nitrogens with one attached hydrogen (secondary N) is 2. The van der Waals surface area contributed by atoms with Crippen LogP contribution in [0.5, 0.6) is 0 Å². The molecule has 0 saturated carbocycles. The van der Waals surface area contributed by atoms with Crippen LogP contribution in [-0.4, -0.2) is 40.1 Å². The van der Waals surface area contributed by atoms with Gasteiger partial charge in [-0.25, -0.2) is 21.1 Å². The van der Waals surface area contributed by atoms with E-state index in [-0.39, 0.29) is 10.6 Å². The zero-order valence-electron chi connectivity index (χ0n) is 19.6. The Labute approximate surface area is 216 Å². The van der Waals surface area contributed by atoms with Crippen molar-refractivity contribution in [1.29, 1.82) is 0 Å². The predicted molar refractivity (Wildman–Crippen MR) is 141 cm³/mol. The molecule has 3 aromatic rings. The van der Waals surface area contributed by atoms with Crippen molar-refractivity contribution in [2.75, 3.05) is 23.1 Å². The van der Waals surface area contributed by atoms with E-state index in [1.54, 1.807) is 43.3 Å². The number of benzene rings is 3. The third-order valence-corrected chi connectivity index (χ3v) is 9.36. The summed E-state index contributed by atoms with van der Waals surface area (Å²) in [6, 6.07) is 17.1. The lowest BCUT2D eigenvalue weighted by Crippen LogP contribution is -2.29. The molecule has 1 heterocycles. The first-order valence-electron chi connectivity index (χ1n) is 11.3. The summed E-state index contributed by atoms with van der Waals surface area (Å²) in [5.74, 6) is -0.500. The van der Waals surface area contributed by atoms with E-state index in [9.17, 15) is 21.6 Å². The van der Waals surface area contributed by atoms with Crippen molar-refractivity contribution in [3.8, 4) is 0 Å². The molecule has 11 heteroatoms. The molecule has 0 radical (unpaired) electrons. The predicted octanol–water partition coefficient (Wildman–Crippen LogP) is 4.63. The highest BCUT2D eigenvalue weighted by Crippen LogP contribution is 2.24. The standard InChI is InChI=1S/C25H26ClN3O5S2/c1-18-4-9-21(26)16-24(18)28-36(33,34)23-12-10-22(11-13-23)27-25(30)20-7-5-19(6-8-20)17-35(31,32)29-14-2-3-15-29/h4-13,16,28H,2-3,14-15,17H2,1H3,(H,27,30). The van der Waals surface area contributed by atoms with E-state index in [4.69, 9.17) is 11.6 Å². The first kappa shape index (κ1) is 26.2. The van der Waals surface area contributed by atoms with Crippen LogP contribution in [0, 0.1) is 6.92 Å². The number of hydrogen-bond acceptors (Lipinski definition) is 5. The molecule has 3 aromatic carbocycles. The highest BCUT2D eigenvalue weighted by atomic mass is 35.5. The SMILES string of the molecule is Cc1ccc(Cl)cc1NS(=O)(=O)c1ccc(NC(=O)c2ccc(CS(=O)(=O)N3CCCC3)cc2)cc1. The number of halogens is 1. The Hall–Kier alpha value is -2.92. The van der Waals surface area contributed by atoms with Crippen molar-refractivity contribution in [2.45, 2.75) is 30.4 Å². The number of sulfonamides is 2. The van der Waals surface area contributed by atoms with Crippen molar-refractivity contribution >= 4 is 48.9 Å². The molecule has 1 aliphatic heterocycles. The van der Waals surface area contributed by atoms with E-state index >= 15 is 0 Å². The maximum absolute atomic E-state index is 12.7. The number of aryl methyl sites for hydroxylation is 1. The Morgan fingerprint density at radius 1 is 0.917 bits per heavy atom. The topological polar surface area (TPSA) is 113 Å². The molecule has 36 heavy (non-hydrogen) atoms. The number of carbonyl (C=O) groups excluding carboxylic acids is 1. The van der Waals surface area contributed by atoms with Crippen LogP contribution in [0.25, 0.3) is 0 Å². The molecule has 190 valence electrons. The van der Waals surface area contributed by atoms with E-state index in [1.165, 1.54) is 34.6 Å². The van der Waals surface area contributed by atoms with Crippen LogP contribution in [0.2, 0.25) is 5.02 Å². The average Bonchev–Trinajstić information content (AvgIpc) is 3.38. The van der Waals surface area contributed by atoms with E-state index in [1.807, 2.05) is 0 Å². The largest absolute Gasteiger partial charge is 0.322 e. The van der Waals surface area contributed by atoms with Crippen molar-refractivity contribution < 1.29 is 21.6 Å². The van der Waals surface area contributed by atoms with Gasteiger partial charge in [0, 0.05) is 29.4 Å². The van der Waals surface area contributed by atoms with Crippen molar-refractivity contribution in [2.24, 2.45) is 0 Å². The Kier molecular flexibility index (Phi) is 7.70. The van der Waals surface area contributed by atoms with Gasteiger partial charge >= 0.3 is 0 Å². The normalized spacial score (nSPS) is 14.5. The number of nitrogens with zero attached hydrogens (tertiary/aromatic N) is 1. The summed E-state index contributed by atoms with van der Waals surface area (Å²) in [6.45, 7) is 2.88. The maximum Gasteiger partial charge on any atom is 0.261 e. The number of hydrogen-bond donors (Lipinski definition) is 2. The van der Waals surface area contributed by atoms with Gasteiger partial charge in [0.2, 0.25) is 10.0 Å². The lowest BCUT2D eigenvalue weighted by Gasteiger charge is -2.15. The zero-order chi connectivity index (χ0) is 25.9. The lowest BCUT2D eigenvalue weighted by atomic mass is 10.1. The first-order chi connectivity index (χ1) is 17.0. The van der Waals surface area contributed by atoms with Crippen molar-refractivity contribution in [1.82, 2.24) is 4.31 Å².